The van der Waals surface area contributed by atoms with Gasteiger partial charge >= 0.3 is 6.36 Å². The van der Waals surface area contributed by atoms with Gasteiger partial charge in [-0.3, -0.25) is 14.5 Å². The molecule has 146 valence electrons. The highest BCUT2D eigenvalue weighted by molar-refractivity contribution is 5.99. The fraction of sp³-hybridized carbons (Fsp3) is 0.211. The number of benzene rings is 1. The van der Waals surface area contributed by atoms with Gasteiger partial charge in [0.2, 0.25) is 0 Å². The van der Waals surface area contributed by atoms with Gasteiger partial charge in [-0.05, 0) is 36.2 Å². The molecule has 1 amide bonds. The zero-order valence-corrected chi connectivity index (χ0v) is 14.9. The first-order valence-electron chi connectivity index (χ1n) is 8.39. The van der Waals surface area contributed by atoms with Gasteiger partial charge in [-0.2, -0.15) is 5.10 Å². The quantitative estimate of drug-likeness (QED) is 0.701. The van der Waals surface area contributed by atoms with Gasteiger partial charge in [-0.25, -0.2) is 0 Å². The molecule has 9 heteroatoms. The van der Waals surface area contributed by atoms with Crippen LogP contribution in [-0.4, -0.2) is 33.6 Å². The molecule has 0 spiro atoms. The van der Waals surface area contributed by atoms with E-state index >= 15 is 0 Å². The molecule has 0 unspecified atom stereocenters. The van der Waals surface area contributed by atoms with Crippen molar-refractivity contribution in [3.8, 4) is 17.0 Å². The van der Waals surface area contributed by atoms with Gasteiger partial charge in [0, 0.05) is 31.5 Å². The van der Waals surface area contributed by atoms with Crippen LogP contribution in [0, 0.1) is 0 Å². The van der Waals surface area contributed by atoms with Crippen molar-refractivity contribution in [3.05, 3.63) is 66.1 Å². The summed E-state index contributed by atoms with van der Waals surface area (Å²) >= 11 is 0. The minimum Gasteiger partial charge on any atom is -0.406 e. The summed E-state index contributed by atoms with van der Waals surface area (Å²) in [5, 5.41) is 6.89. The molecule has 0 aliphatic rings. The van der Waals surface area contributed by atoms with Crippen molar-refractivity contribution in [2.75, 3.05) is 6.54 Å². The number of amides is 1. The highest BCUT2D eigenvalue weighted by Crippen LogP contribution is 2.23. The van der Waals surface area contributed by atoms with E-state index in [1.807, 2.05) is 0 Å². The number of halogens is 3. The number of ether oxygens (including phenoxy) is 1. The van der Waals surface area contributed by atoms with Crippen LogP contribution in [0.2, 0.25) is 0 Å². The molecule has 1 N–H and O–H groups in total. The number of hydrogen-bond acceptors (Lipinski definition) is 4. The number of nitrogens with one attached hydrogen (secondary N) is 1. The lowest BCUT2D eigenvalue weighted by molar-refractivity contribution is -0.274. The zero-order valence-electron chi connectivity index (χ0n) is 14.9. The molecule has 0 aliphatic carbocycles. The first kappa shape index (κ1) is 19.4. The van der Waals surface area contributed by atoms with E-state index in [1.54, 1.807) is 42.5 Å². The Kier molecular flexibility index (Phi) is 5.62. The number of rotatable bonds is 6. The third-order valence-corrected chi connectivity index (χ3v) is 3.89. The van der Waals surface area contributed by atoms with E-state index in [1.165, 1.54) is 24.3 Å². The summed E-state index contributed by atoms with van der Waals surface area (Å²) in [6.45, 7) is 0.319. The van der Waals surface area contributed by atoms with Gasteiger partial charge in [-0.1, -0.05) is 12.1 Å². The lowest BCUT2D eigenvalue weighted by Crippen LogP contribution is -2.26. The van der Waals surface area contributed by atoms with Crippen molar-refractivity contribution in [1.29, 1.82) is 0 Å². The van der Waals surface area contributed by atoms with Crippen LogP contribution in [0.3, 0.4) is 0 Å². The topological polar surface area (TPSA) is 69.0 Å². The van der Waals surface area contributed by atoms with Crippen molar-refractivity contribution in [2.45, 2.75) is 12.8 Å². The summed E-state index contributed by atoms with van der Waals surface area (Å²) in [6, 6.07) is 8.89. The molecular weight excluding hydrogens is 373 g/mol. The van der Waals surface area contributed by atoms with E-state index in [0.717, 1.165) is 11.1 Å². The van der Waals surface area contributed by atoms with E-state index in [-0.39, 0.29) is 11.7 Å². The van der Waals surface area contributed by atoms with Gasteiger partial charge in [0.25, 0.3) is 5.91 Å². The average Bonchev–Trinajstić information content (AvgIpc) is 3.08. The van der Waals surface area contributed by atoms with E-state index < -0.39 is 6.36 Å². The van der Waals surface area contributed by atoms with Crippen LogP contribution < -0.4 is 10.1 Å². The third kappa shape index (κ3) is 5.09. The number of pyridine rings is 1. The van der Waals surface area contributed by atoms with Crippen LogP contribution in [0.15, 0.2) is 55.0 Å². The molecule has 6 nitrogen and oxygen atoms in total. The highest BCUT2D eigenvalue weighted by atomic mass is 19.4. The van der Waals surface area contributed by atoms with Crippen LogP contribution in [0.25, 0.3) is 11.3 Å². The van der Waals surface area contributed by atoms with Gasteiger partial charge < -0.3 is 10.1 Å². The van der Waals surface area contributed by atoms with Crippen molar-refractivity contribution in [2.24, 2.45) is 7.05 Å². The van der Waals surface area contributed by atoms with Gasteiger partial charge in [0.05, 0.1) is 17.5 Å². The van der Waals surface area contributed by atoms with E-state index in [9.17, 15) is 18.0 Å². The van der Waals surface area contributed by atoms with Crippen LogP contribution in [0.1, 0.15) is 15.9 Å². The minimum absolute atomic E-state index is 0.281. The summed E-state index contributed by atoms with van der Waals surface area (Å²) < 4.78 is 42.0. The van der Waals surface area contributed by atoms with Crippen LogP contribution in [0.5, 0.6) is 5.75 Å². The maximum atomic E-state index is 12.5. The molecule has 0 saturated carbocycles. The van der Waals surface area contributed by atoms with Crippen molar-refractivity contribution in [3.63, 3.8) is 0 Å². The SMILES string of the molecule is Cn1cc(-c2ncccc2C(=O)NCCc2ccc(OC(F)(F)F)cc2)cn1. The monoisotopic (exact) mass is 390 g/mol. The lowest BCUT2D eigenvalue weighted by Gasteiger charge is -2.10. The standard InChI is InChI=1S/C19H17F3N4O2/c1-26-12-14(11-25-26)17-16(3-2-9-23-17)18(27)24-10-8-13-4-6-15(7-5-13)28-19(20,21)22/h2-7,9,11-12H,8,10H2,1H3,(H,24,27). The average molecular weight is 390 g/mol. The predicted molar refractivity (Wildman–Crippen MR) is 95.6 cm³/mol. The normalized spacial score (nSPS) is 11.3. The molecule has 0 saturated heterocycles. The number of aryl methyl sites for hydroxylation is 1. The second-order valence-corrected chi connectivity index (χ2v) is 6.00. The Morgan fingerprint density at radius 1 is 1.21 bits per heavy atom. The zero-order chi connectivity index (χ0) is 20.1. The Labute approximate surface area is 159 Å². The Hall–Kier alpha value is -3.36. The van der Waals surface area contributed by atoms with Crippen molar-refractivity contribution >= 4 is 5.91 Å². The third-order valence-electron chi connectivity index (χ3n) is 3.89. The Morgan fingerprint density at radius 3 is 2.61 bits per heavy atom. The molecule has 0 radical (unpaired) electrons. The molecule has 2 heterocycles. The summed E-state index contributed by atoms with van der Waals surface area (Å²) in [7, 11) is 1.78. The molecule has 2 aromatic heterocycles. The Morgan fingerprint density at radius 2 is 1.96 bits per heavy atom. The van der Waals surface area contributed by atoms with Crippen LogP contribution >= 0.6 is 0 Å². The molecular formula is C19H17F3N4O2. The number of alkyl halides is 3. The molecule has 3 rings (SSSR count). The summed E-state index contributed by atoms with van der Waals surface area (Å²) in [4.78, 5) is 16.8. The fourth-order valence-corrected chi connectivity index (χ4v) is 2.64. The van der Waals surface area contributed by atoms with Crippen molar-refractivity contribution in [1.82, 2.24) is 20.1 Å². The molecule has 3 aromatic rings. The summed E-state index contributed by atoms with van der Waals surface area (Å²) in [5.74, 6) is -0.569. The van der Waals surface area contributed by atoms with Crippen LogP contribution in [0.4, 0.5) is 13.2 Å². The number of hydrogen-bond donors (Lipinski definition) is 1. The number of carbonyl (C=O) groups excluding carboxylic acids is 1. The molecule has 0 fully saturated rings. The van der Waals surface area contributed by atoms with E-state index in [2.05, 4.69) is 20.1 Å². The largest absolute Gasteiger partial charge is 0.573 e. The minimum atomic E-state index is -4.72. The molecule has 0 bridgehead atoms. The Balaban J connectivity index is 1.59. The number of nitrogens with zero attached hydrogens (tertiary/aromatic N) is 3. The molecule has 0 atom stereocenters. The van der Waals surface area contributed by atoms with E-state index in [4.69, 9.17) is 0 Å². The smallest absolute Gasteiger partial charge is 0.406 e. The second-order valence-electron chi connectivity index (χ2n) is 6.00. The second kappa shape index (κ2) is 8.12. The van der Waals surface area contributed by atoms with E-state index in [0.29, 0.717) is 24.2 Å². The summed E-state index contributed by atoms with van der Waals surface area (Å²) in [6.07, 6.45) is 0.739. The maximum absolute atomic E-state index is 12.5. The van der Waals surface area contributed by atoms with Crippen LogP contribution in [-0.2, 0) is 13.5 Å². The molecule has 0 aliphatic heterocycles. The maximum Gasteiger partial charge on any atom is 0.573 e. The summed E-state index contributed by atoms with van der Waals surface area (Å²) in [5.41, 5.74) is 2.45. The number of carbonyl (C=O) groups is 1. The Bertz CT molecular complexity index is 952. The first-order chi connectivity index (χ1) is 13.3. The highest BCUT2D eigenvalue weighted by Gasteiger charge is 2.30. The fourth-order valence-electron chi connectivity index (χ4n) is 2.64. The van der Waals surface area contributed by atoms with Crippen molar-refractivity contribution < 1.29 is 22.7 Å². The van der Waals surface area contributed by atoms with Gasteiger partial charge in [0.1, 0.15) is 5.75 Å². The lowest BCUT2D eigenvalue weighted by atomic mass is 10.1. The molecule has 1 aromatic carbocycles. The molecule has 28 heavy (non-hydrogen) atoms. The number of aromatic nitrogens is 3. The predicted octanol–water partition coefficient (Wildman–Crippen LogP) is 3.35. The van der Waals surface area contributed by atoms with Gasteiger partial charge in [-0.15, -0.1) is 13.2 Å². The first-order valence-corrected chi connectivity index (χ1v) is 8.39. The van der Waals surface area contributed by atoms with Gasteiger partial charge in [0.15, 0.2) is 0 Å².